The fourth-order valence-electron chi connectivity index (χ4n) is 8.73. The van der Waals surface area contributed by atoms with Crippen molar-refractivity contribution in [1.82, 2.24) is 26.6 Å². The van der Waals surface area contributed by atoms with E-state index in [4.69, 9.17) is 4.74 Å². The Morgan fingerprint density at radius 2 is 0.959 bits per heavy atom. The maximum Gasteiger partial charge on any atom is 0.326 e. The van der Waals surface area contributed by atoms with Gasteiger partial charge in [-0.3, -0.25) is 24.0 Å². The second-order valence-electron chi connectivity index (χ2n) is 18.1. The molecular formula is C60H57N5O8. The third kappa shape index (κ3) is 14.6. The maximum atomic E-state index is 14.9. The van der Waals surface area contributed by atoms with Gasteiger partial charge in [0.2, 0.25) is 23.6 Å². The number of hydrogen-bond acceptors (Lipinski definition) is 7. The van der Waals surface area contributed by atoms with Crippen molar-refractivity contribution in [3.63, 3.8) is 0 Å². The third-order valence-electron chi connectivity index (χ3n) is 12.7. The number of benzene rings is 7. The van der Waals surface area contributed by atoms with Crippen LogP contribution >= 0.6 is 0 Å². The molecule has 7 aromatic rings. The molecule has 2 heterocycles. The molecule has 5 amide bonds. The van der Waals surface area contributed by atoms with Crippen molar-refractivity contribution < 1.29 is 38.6 Å². The molecular weight excluding hydrogens is 919 g/mol. The number of carboxylic acids is 1. The van der Waals surface area contributed by atoms with E-state index in [-0.39, 0.29) is 32.1 Å². The number of amides is 5. The number of carbonyl (C=O) groups is 6. The van der Waals surface area contributed by atoms with Crippen molar-refractivity contribution in [3.8, 4) is 28.0 Å². The quantitative estimate of drug-likeness (QED) is 0.0640. The summed E-state index contributed by atoms with van der Waals surface area (Å²) in [5.74, 6) is -4.30. The number of aliphatic carboxylic acids is 1. The summed E-state index contributed by atoms with van der Waals surface area (Å²) in [6, 6.07) is 53.5. The number of carbonyl (C=O) groups excluding carboxylic acids is 5. The number of carboxylic acid groups (broad SMARTS) is 1. The highest BCUT2D eigenvalue weighted by Crippen LogP contribution is 2.22. The minimum absolute atomic E-state index is 0.00617. The molecule has 7 aromatic carbocycles. The lowest BCUT2D eigenvalue weighted by atomic mass is 9.98. The number of ether oxygens (including phenoxy) is 1. The second kappa shape index (κ2) is 24.8. The van der Waals surface area contributed by atoms with E-state index in [0.717, 1.165) is 33.4 Å². The van der Waals surface area contributed by atoms with Gasteiger partial charge in [-0.1, -0.05) is 182 Å². The van der Waals surface area contributed by atoms with Crippen molar-refractivity contribution in [2.45, 2.75) is 68.7 Å². The largest absolute Gasteiger partial charge is 0.484 e. The molecule has 73 heavy (non-hydrogen) atoms. The third-order valence-corrected chi connectivity index (χ3v) is 12.7. The zero-order chi connectivity index (χ0) is 50.9. The number of hydrogen-bond donors (Lipinski definition) is 6. The van der Waals surface area contributed by atoms with Crippen LogP contribution in [0, 0.1) is 0 Å². The van der Waals surface area contributed by atoms with Crippen molar-refractivity contribution in [3.05, 3.63) is 222 Å². The fraction of sp³-hybridized carbons (Fsp3) is 0.200. The van der Waals surface area contributed by atoms with E-state index in [0.29, 0.717) is 28.9 Å². The highest BCUT2D eigenvalue weighted by molar-refractivity contribution is 5.96. The minimum Gasteiger partial charge on any atom is -0.484 e. The summed E-state index contributed by atoms with van der Waals surface area (Å²) in [7, 11) is 0. The van der Waals surface area contributed by atoms with E-state index < -0.39 is 72.3 Å². The van der Waals surface area contributed by atoms with E-state index in [1.54, 1.807) is 54.6 Å². The average molecular weight is 976 g/mol. The molecule has 0 spiro atoms. The van der Waals surface area contributed by atoms with Gasteiger partial charge in [-0.05, 0) is 75.0 Å². The first-order valence-electron chi connectivity index (χ1n) is 24.3. The Bertz CT molecular complexity index is 2960. The molecule has 0 unspecified atom stereocenters. The molecule has 0 saturated heterocycles. The molecule has 2 bridgehead atoms. The zero-order valence-corrected chi connectivity index (χ0v) is 40.1. The summed E-state index contributed by atoms with van der Waals surface area (Å²) in [4.78, 5) is 84.8. The first kappa shape index (κ1) is 50.5. The van der Waals surface area contributed by atoms with Gasteiger partial charge in [0, 0.05) is 25.7 Å². The molecule has 13 nitrogen and oxygen atoms in total. The Morgan fingerprint density at radius 3 is 1.48 bits per heavy atom. The first-order valence-corrected chi connectivity index (χ1v) is 24.3. The smallest absolute Gasteiger partial charge is 0.326 e. The Balaban J connectivity index is 1.12. The SMILES string of the molecule is O=C1COc2ccc(cc2)C[C@@H](C(=O)N[C@@H](Cc2ccccc2)C(=O)O)NC(=O)[C@H](CCc2ccccc2)NC(=O)[C@@H](Cc2ccc(-c3ccccc3)cc2)NC(=O)[C@H](Cc2ccc(-c3ccccc3)cc2)N1. The van der Waals surface area contributed by atoms with Gasteiger partial charge in [-0.15, -0.1) is 0 Å². The van der Waals surface area contributed by atoms with Crippen molar-refractivity contribution in [1.29, 1.82) is 0 Å². The van der Waals surface area contributed by atoms with Crippen LogP contribution in [0.2, 0.25) is 0 Å². The van der Waals surface area contributed by atoms with Crippen LogP contribution in [0.3, 0.4) is 0 Å². The Kier molecular flexibility index (Phi) is 17.2. The normalized spacial score (nSPS) is 18.0. The molecule has 5 atom stereocenters. The predicted molar refractivity (Wildman–Crippen MR) is 279 cm³/mol. The van der Waals surface area contributed by atoms with Gasteiger partial charge in [0.1, 0.15) is 36.0 Å². The second-order valence-corrected chi connectivity index (χ2v) is 18.1. The van der Waals surface area contributed by atoms with Gasteiger partial charge < -0.3 is 36.4 Å². The van der Waals surface area contributed by atoms with Crippen molar-refractivity contribution in [2.24, 2.45) is 0 Å². The Hall–Kier alpha value is -8.84. The Morgan fingerprint density at radius 1 is 0.507 bits per heavy atom. The van der Waals surface area contributed by atoms with Crippen molar-refractivity contribution >= 4 is 35.5 Å². The summed E-state index contributed by atoms with van der Waals surface area (Å²) in [5.41, 5.74) is 7.55. The lowest BCUT2D eigenvalue weighted by molar-refractivity contribution is -0.142. The van der Waals surface area contributed by atoms with Gasteiger partial charge in [0.15, 0.2) is 6.61 Å². The van der Waals surface area contributed by atoms with E-state index in [1.165, 1.54) is 0 Å². The monoisotopic (exact) mass is 975 g/mol. The molecule has 370 valence electrons. The van der Waals surface area contributed by atoms with E-state index in [1.807, 2.05) is 140 Å². The number of aryl methyl sites for hydroxylation is 1. The van der Waals surface area contributed by atoms with Crippen LogP contribution in [0.25, 0.3) is 22.3 Å². The molecule has 0 aliphatic carbocycles. The molecule has 13 heteroatoms. The summed E-state index contributed by atoms with van der Waals surface area (Å²) < 4.78 is 5.88. The van der Waals surface area contributed by atoms with E-state index in [2.05, 4.69) is 26.6 Å². The topological polar surface area (TPSA) is 192 Å². The Labute approximate surface area is 424 Å². The highest BCUT2D eigenvalue weighted by atomic mass is 16.5. The fourth-order valence-corrected chi connectivity index (χ4v) is 8.73. The number of nitrogens with one attached hydrogen (secondary N) is 5. The summed E-state index contributed by atoms with van der Waals surface area (Å²) >= 11 is 0. The summed E-state index contributed by atoms with van der Waals surface area (Å²) in [6.07, 6.45) is 0.443. The average Bonchev–Trinajstić information content (AvgIpc) is 3.42. The molecule has 9 rings (SSSR count). The molecule has 0 aromatic heterocycles. The molecule has 0 saturated carbocycles. The van der Waals surface area contributed by atoms with Gasteiger partial charge >= 0.3 is 5.97 Å². The molecule has 2 aliphatic heterocycles. The van der Waals surface area contributed by atoms with Crippen LogP contribution in [0.1, 0.15) is 34.2 Å². The zero-order valence-electron chi connectivity index (χ0n) is 40.1. The van der Waals surface area contributed by atoms with Crippen LogP contribution < -0.4 is 31.3 Å². The lowest BCUT2D eigenvalue weighted by Gasteiger charge is -2.27. The first-order chi connectivity index (χ1) is 35.5. The summed E-state index contributed by atoms with van der Waals surface area (Å²) in [6.45, 7) is -0.448. The van der Waals surface area contributed by atoms with E-state index in [9.17, 15) is 33.9 Å². The van der Waals surface area contributed by atoms with Gasteiger partial charge in [0.25, 0.3) is 5.91 Å². The van der Waals surface area contributed by atoms with Crippen LogP contribution in [0.4, 0.5) is 0 Å². The van der Waals surface area contributed by atoms with Crippen LogP contribution in [-0.2, 0) is 60.9 Å². The molecule has 0 fully saturated rings. The number of fused-ring (bicyclic) bond motifs is 16. The maximum absolute atomic E-state index is 14.9. The van der Waals surface area contributed by atoms with E-state index >= 15 is 0 Å². The van der Waals surface area contributed by atoms with Crippen LogP contribution in [-0.4, -0.2) is 77.4 Å². The summed E-state index contributed by atoms with van der Waals surface area (Å²) in [5, 5.41) is 24.4. The van der Waals surface area contributed by atoms with Crippen LogP contribution in [0.5, 0.6) is 5.75 Å². The predicted octanol–water partition coefficient (Wildman–Crippen LogP) is 6.83. The standard InChI is InChI=1S/C60H57N5O8/c66-55-39-73-49-32-25-44(26-33-49)37-53(59(70)65-54(60(71)72)38-41-15-7-2-8-16-41)63-56(67)50(34-27-40-13-5-1-6-14-40)62-58(69)52(36-43-23-30-48(31-24-43)46-19-11-4-12-20-46)64-57(68)51(61-55)35-42-21-28-47(29-22-42)45-17-9-3-10-18-45/h1-26,28-33,50-54H,27,34-39H2,(H,61,66)(H,62,69)(H,63,67)(H,64,68)(H,65,70)(H,71,72)/t50-,51-,52+,53-,54-/m0/s1. The van der Waals surface area contributed by atoms with Crippen molar-refractivity contribution in [2.75, 3.05) is 6.61 Å². The van der Waals surface area contributed by atoms with Gasteiger partial charge in [-0.2, -0.15) is 0 Å². The van der Waals surface area contributed by atoms with Crippen LogP contribution in [0.15, 0.2) is 194 Å². The molecule has 0 radical (unpaired) electrons. The van der Waals surface area contributed by atoms with Gasteiger partial charge in [-0.25, -0.2) is 4.79 Å². The van der Waals surface area contributed by atoms with Gasteiger partial charge in [0.05, 0.1) is 0 Å². The molecule has 2 aliphatic rings. The lowest BCUT2D eigenvalue weighted by Crippen LogP contribution is -2.60. The highest BCUT2D eigenvalue weighted by Gasteiger charge is 2.33. The molecule has 6 N–H and O–H groups in total. The minimum atomic E-state index is -1.33. The number of rotatable bonds is 14.